The fourth-order valence-corrected chi connectivity index (χ4v) is 1.77. The second-order valence-electron chi connectivity index (χ2n) is 5.88. The summed E-state index contributed by atoms with van der Waals surface area (Å²) in [5, 5.41) is 5.44. The van der Waals surface area contributed by atoms with Gasteiger partial charge in [0.2, 0.25) is 5.91 Å². The van der Waals surface area contributed by atoms with Crippen molar-refractivity contribution in [1.82, 2.24) is 0 Å². The van der Waals surface area contributed by atoms with Gasteiger partial charge in [0, 0.05) is 11.8 Å². The predicted molar refractivity (Wildman–Crippen MR) is 76.6 cm³/mol. The molecule has 1 heterocycles. The lowest BCUT2D eigenvalue weighted by Crippen LogP contribution is -2.45. The molecule has 6 nitrogen and oxygen atoms in total. The molecule has 20 heavy (non-hydrogen) atoms. The molecule has 1 atom stereocenters. The third-order valence-corrected chi connectivity index (χ3v) is 3.10. The minimum absolute atomic E-state index is 0.0219. The van der Waals surface area contributed by atoms with Crippen molar-refractivity contribution < 1.29 is 14.3 Å². The van der Waals surface area contributed by atoms with Crippen molar-refractivity contribution in [1.29, 1.82) is 0 Å². The summed E-state index contributed by atoms with van der Waals surface area (Å²) in [6.45, 7) is 5.69. The molecule has 0 radical (unpaired) electrons. The molecule has 4 N–H and O–H groups in total. The maximum atomic E-state index is 12.0. The van der Waals surface area contributed by atoms with Crippen LogP contribution in [0.3, 0.4) is 0 Å². The van der Waals surface area contributed by atoms with E-state index in [2.05, 4.69) is 10.6 Å². The summed E-state index contributed by atoms with van der Waals surface area (Å²) in [6, 6.07) is 4.44. The summed E-state index contributed by atoms with van der Waals surface area (Å²) in [5.41, 5.74) is 6.77. The van der Waals surface area contributed by atoms with E-state index in [0.717, 1.165) is 0 Å². The molecule has 6 heteroatoms. The third-order valence-electron chi connectivity index (χ3n) is 3.10. The Hall–Kier alpha value is -2.08. The lowest BCUT2D eigenvalue weighted by Gasteiger charge is -2.26. The number of hydrogen-bond acceptors (Lipinski definition) is 4. The molecule has 0 fully saturated rings. The first kappa shape index (κ1) is 14.3. The Morgan fingerprint density at radius 1 is 1.45 bits per heavy atom. The van der Waals surface area contributed by atoms with Crippen LogP contribution < -0.4 is 21.1 Å². The van der Waals surface area contributed by atoms with Gasteiger partial charge in [-0.3, -0.25) is 9.59 Å². The minimum Gasteiger partial charge on any atom is -0.482 e. The minimum atomic E-state index is -0.612. The predicted octanol–water partition coefficient (Wildman–Crippen LogP) is 1.33. The number of carbonyl (C=O) groups excluding carboxylic acids is 2. The molecule has 0 aromatic heterocycles. The number of nitrogens with two attached hydrogens (primary N) is 1. The molecule has 0 saturated carbocycles. The lowest BCUT2D eigenvalue weighted by molar-refractivity contribution is -0.120. The van der Waals surface area contributed by atoms with Crippen LogP contribution in [0.25, 0.3) is 0 Å². The van der Waals surface area contributed by atoms with E-state index in [9.17, 15) is 9.59 Å². The average Bonchev–Trinajstić information content (AvgIpc) is 2.37. The van der Waals surface area contributed by atoms with E-state index in [1.54, 1.807) is 18.2 Å². The zero-order chi connectivity index (χ0) is 14.9. The van der Waals surface area contributed by atoms with E-state index < -0.39 is 6.04 Å². The number of ether oxygens (including phenoxy) is 1. The van der Waals surface area contributed by atoms with Crippen LogP contribution in [0.5, 0.6) is 5.75 Å². The summed E-state index contributed by atoms with van der Waals surface area (Å²) in [6.07, 6.45) is 0. The number of carbonyl (C=O) groups is 2. The van der Waals surface area contributed by atoms with Gasteiger partial charge >= 0.3 is 0 Å². The molecule has 0 unspecified atom stereocenters. The highest BCUT2D eigenvalue weighted by Gasteiger charge is 2.27. The Morgan fingerprint density at radius 3 is 2.80 bits per heavy atom. The Morgan fingerprint density at radius 2 is 2.15 bits per heavy atom. The van der Waals surface area contributed by atoms with Gasteiger partial charge in [-0.1, -0.05) is 20.8 Å². The van der Waals surface area contributed by atoms with Gasteiger partial charge in [-0.25, -0.2) is 0 Å². The zero-order valence-corrected chi connectivity index (χ0v) is 11.8. The molecule has 0 saturated heterocycles. The van der Waals surface area contributed by atoms with Crippen molar-refractivity contribution in [2.75, 3.05) is 17.2 Å². The van der Waals surface area contributed by atoms with E-state index in [1.165, 1.54) is 0 Å². The summed E-state index contributed by atoms with van der Waals surface area (Å²) in [7, 11) is 0. The first-order valence-electron chi connectivity index (χ1n) is 6.40. The highest BCUT2D eigenvalue weighted by molar-refractivity contribution is 5.98. The van der Waals surface area contributed by atoms with Gasteiger partial charge in [0.1, 0.15) is 5.75 Å². The quantitative estimate of drug-likeness (QED) is 0.760. The largest absolute Gasteiger partial charge is 0.482 e. The molecule has 0 aliphatic carbocycles. The Labute approximate surface area is 117 Å². The molecule has 1 aliphatic rings. The van der Waals surface area contributed by atoms with E-state index in [0.29, 0.717) is 17.1 Å². The molecule has 0 bridgehead atoms. The van der Waals surface area contributed by atoms with Crippen LogP contribution in [0.1, 0.15) is 20.8 Å². The van der Waals surface area contributed by atoms with Crippen molar-refractivity contribution >= 4 is 23.2 Å². The van der Waals surface area contributed by atoms with Gasteiger partial charge in [-0.2, -0.15) is 0 Å². The van der Waals surface area contributed by atoms with E-state index in [4.69, 9.17) is 10.5 Å². The summed E-state index contributed by atoms with van der Waals surface area (Å²) in [5.74, 6) is 0.0908. The molecule has 2 rings (SSSR count). The molecule has 108 valence electrons. The molecular weight excluding hydrogens is 258 g/mol. The Kier molecular flexibility index (Phi) is 3.67. The second kappa shape index (κ2) is 5.13. The summed E-state index contributed by atoms with van der Waals surface area (Å²) < 4.78 is 5.29. The molecule has 1 aromatic carbocycles. The van der Waals surface area contributed by atoms with Gasteiger partial charge < -0.3 is 21.1 Å². The molecule has 1 aliphatic heterocycles. The van der Waals surface area contributed by atoms with Crippen LogP contribution in [0, 0.1) is 5.41 Å². The van der Waals surface area contributed by atoms with Crippen LogP contribution in [-0.2, 0) is 9.59 Å². The number of amides is 2. The standard InChI is InChI=1S/C14H19N3O3/c1-14(2,3)12(15)13(19)16-8-4-5-9-10(6-8)20-7-11(18)17-9/h4-6,12H,7,15H2,1-3H3,(H,16,19)(H,17,18)/t12-/m1/s1. The van der Waals surface area contributed by atoms with Crippen molar-refractivity contribution in [3.63, 3.8) is 0 Å². The Balaban J connectivity index is 2.11. The monoisotopic (exact) mass is 277 g/mol. The van der Waals surface area contributed by atoms with Crippen LogP contribution in [0.4, 0.5) is 11.4 Å². The van der Waals surface area contributed by atoms with Crippen molar-refractivity contribution in [2.24, 2.45) is 11.1 Å². The van der Waals surface area contributed by atoms with E-state index in [1.807, 2.05) is 20.8 Å². The third kappa shape index (κ3) is 3.08. The maximum absolute atomic E-state index is 12.0. The number of rotatable bonds is 2. The molecule has 2 amide bonds. The maximum Gasteiger partial charge on any atom is 0.262 e. The molecule has 1 aromatic rings. The molecule has 0 spiro atoms. The van der Waals surface area contributed by atoms with Gasteiger partial charge in [0.25, 0.3) is 5.91 Å². The number of benzene rings is 1. The fourth-order valence-electron chi connectivity index (χ4n) is 1.77. The van der Waals surface area contributed by atoms with Crippen LogP contribution in [-0.4, -0.2) is 24.5 Å². The lowest BCUT2D eigenvalue weighted by atomic mass is 9.87. The van der Waals surface area contributed by atoms with Crippen molar-refractivity contribution in [3.8, 4) is 5.75 Å². The summed E-state index contributed by atoms with van der Waals surface area (Å²) >= 11 is 0. The zero-order valence-electron chi connectivity index (χ0n) is 11.8. The number of hydrogen-bond donors (Lipinski definition) is 3. The van der Waals surface area contributed by atoms with Crippen LogP contribution in [0.2, 0.25) is 0 Å². The number of fused-ring (bicyclic) bond motifs is 1. The topological polar surface area (TPSA) is 93.5 Å². The Bertz CT molecular complexity index is 549. The molecular formula is C14H19N3O3. The van der Waals surface area contributed by atoms with Crippen molar-refractivity contribution in [2.45, 2.75) is 26.8 Å². The normalized spacial score (nSPS) is 15.7. The SMILES string of the molecule is CC(C)(C)[C@H](N)C(=O)Nc1ccc2c(c1)OCC(=O)N2. The van der Waals surface area contributed by atoms with Gasteiger partial charge in [-0.05, 0) is 17.5 Å². The van der Waals surface area contributed by atoms with Crippen LogP contribution >= 0.6 is 0 Å². The van der Waals surface area contributed by atoms with Gasteiger partial charge in [0.05, 0.1) is 11.7 Å². The highest BCUT2D eigenvalue weighted by atomic mass is 16.5. The van der Waals surface area contributed by atoms with Crippen LogP contribution in [0.15, 0.2) is 18.2 Å². The second-order valence-corrected chi connectivity index (χ2v) is 5.88. The number of anilines is 2. The average molecular weight is 277 g/mol. The highest BCUT2D eigenvalue weighted by Crippen LogP contribution is 2.30. The van der Waals surface area contributed by atoms with Gasteiger partial charge in [-0.15, -0.1) is 0 Å². The smallest absolute Gasteiger partial charge is 0.262 e. The first-order valence-corrected chi connectivity index (χ1v) is 6.40. The first-order chi connectivity index (χ1) is 9.27. The van der Waals surface area contributed by atoms with E-state index in [-0.39, 0.29) is 23.8 Å². The summed E-state index contributed by atoms with van der Waals surface area (Å²) in [4.78, 5) is 23.2. The number of nitrogens with one attached hydrogen (secondary N) is 2. The van der Waals surface area contributed by atoms with Gasteiger partial charge in [0.15, 0.2) is 6.61 Å². The fraction of sp³-hybridized carbons (Fsp3) is 0.429. The van der Waals surface area contributed by atoms with Crippen molar-refractivity contribution in [3.05, 3.63) is 18.2 Å². The van der Waals surface area contributed by atoms with E-state index >= 15 is 0 Å².